The Bertz CT molecular complexity index is 643. The number of aromatic nitrogens is 1. The third kappa shape index (κ3) is 3.38. The Kier molecular flexibility index (Phi) is 3.91. The van der Waals surface area contributed by atoms with E-state index >= 15 is 0 Å². The zero-order valence-electron chi connectivity index (χ0n) is 9.63. The molecule has 6 heteroatoms. The molecule has 0 radical (unpaired) electrons. The van der Waals surface area contributed by atoms with Gasteiger partial charge in [-0.15, -0.1) is 0 Å². The van der Waals surface area contributed by atoms with E-state index in [1.54, 1.807) is 24.3 Å². The Morgan fingerprint density at radius 3 is 2.63 bits per heavy atom. The maximum atomic E-state index is 11.9. The highest BCUT2D eigenvalue weighted by Gasteiger charge is 2.09. The number of amides is 1. The number of carboxylic acid groups (broad SMARTS) is 1. The van der Waals surface area contributed by atoms with E-state index in [1.807, 2.05) is 0 Å². The second-order valence-corrected chi connectivity index (χ2v) is 4.62. The summed E-state index contributed by atoms with van der Waals surface area (Å²) in [4.78, 5) is 26.6. The summed E-state index contributed by atoms with van der Waals surface area (Å²) in [5.74, 6) is -1.22. The van der Waals surface area contributed by atoms with Gasteiger partial charge in [0.05, 0.1) is 5.56 Å². The normalized spacial score (nSPS) is 9.95. The quantitative estimate of drug-likeness (QED) is 0.911. The average molecular weight is 321 g/mol. The predicted molar refractivity (Wildman–Crippen MR) is 73.3 cm³/mol. The molecule has 1 amide bonds. The molecule has 0 aliphatic rings. The van der Waals surface area contributed by atoms with Gasteiger partial charge in [-0.05, 0) is 30.3 Å². The molecule has 0 aliphatic carbocycles. The van der Waals surface area contributed by atoms with Crippen LogP contribution in [0.1, 0.15) is 20.7 Å². The fourth-order valence-electron chi connectivity index (χ4n) is 1.45. The van der Waals surface area contributed by atoms with Crippen molar-refractivity contribution in [2.24, 2.45) is 0 Å². The second-order valence-electron chi connectivity index (χ2n) is 3.70. The van der Waals surface area contributed by atoms with E-state index in [-0.39, 0.29) is 17.3 Å². The third-order valence-electron chi connectivity index (χ3n) is 2.34. The minimum absolute atomic E-state index is 0.0690. The molecule has 0 bridgehead atoms. The fourth-order valence-corrected chi connectivity index (χ4v) is 1.85. The van der Waals surface area contributed by atoms with Crippen LogP contribution in [0.5, 0.6) is 0 Å². The SMILES string of the molecule is O=C(O)c1ccnc(NC(=O)c2cccc(Br)c2)c1. The van der Waals surface area contributed by atoms with Crippen LogP contribution in [-0.2, 0) is 0 Å². The predicted octanol–water partition coefficient (Wildman–Crippen LogP) is 2.79. The lowest BCUT2D eigenvalue weighted by Gasteiger charge is -2.05. The number of nitrogens with zero attached hydrogens (tertiary/aromatic N) is 1. The first-order valence-electron chi connectivity index (χ1n) is 5.32. The molecule has 2 aromatic rings. The number of hydrogen-bond acceptors (Lipinski definition) is 3. The molecule has 1 aromatic carbocycles. The second kappa shape index (κ2) is 5.62. The van der Waals surface area contributed by atoms with Crippen LogP contribution < -0.4 is 5.32 Å². The van der Waals surface area contributed by atoms with Crippen molar-refractivity contribution in [3.63, 3.8) is 0 Å². The van der Waals surface area contributed by atoms with Crippen LogP contribution in [0.15, 0.2) is 47.1 Å². The Hall–Kier alpha value is -2.21. The first-order chi connectivity index (χ1) is 9.06. The first-order valence-corrected chi connectivity index (χ1v) is 6.12. The number of anilines is 1. The minimum Gasteiger partial charge on any atom is -0.478 e. The molecule has 96 valence electrons. The molecule has 5 nitrogen and oxygen atoms in total. The Balaban J connectivity index is 2.19. The molecule has 0 fully saturated rings. The van der Waals surface area contributed by atoms with E-state index in [4.69, 9.17) is 5.11 Å². The summed E-state index contributed by atoms with van der Waals surface area (Å²) in [5, 5.41) is 11.4. The topological polar surface area (TPSA) is 79.3 Å². The van der Waals surface area contributed by atoms with Gasteiger partial charge in [0, 0.05) is 16.2 Å². The number of hydrogen-bond donors (Lipinski definition) is 2. The zero-order valence-corrected chi connectivity index (χ0v) is 11.2. The summed E-state index contributed by atoms with van der Waals surface area (Å²) in [5.41, 5.74) is 0.524. The molecule has 0 saturated heterocycles. The monoisotopic (exact) mass is 320 g/mol. The van der Waals surface area contributed by atoms with Crippen molar-refractivity contribution >= 4 is 33.6 Å². The number of aromatic carboxylic acids is 1. The van der Waals surface area contributed by atoms with Gasteiger partial charge < -0.3 is 10.4 Å². The first kappa shape index (κ1) is 13.2. The Labute approximate surface area is 117 Å². The molecule has 0 saturated carbocycles. The van der Waals surface area contributed by atoms with Crippen LogP contribution in [0.2, 0.25) is 0 Å². The van der Waals surface area contributed by atoms with Gasteiger partial charge in [0.15, 0.2) is 0 Å². The van der Waals surface area contributed by atoms with Gasteiger partial charge in [0.25, 0.3) is 5.91 Å². The van der Waals surface area contributed by atoms with Crippen LogP contribution in [0.25, 0.3) is 0 Å². The smallest absolute Gasteiger partial charge is 0.335 e. The number of carbonyl (C=O) groups is 2. The summed E-state index contributed by atoms with van der Waals surface area (Å²) in [7, 11) is 0. The van der Waals surface area contributed by atoms with E-state index < -0.39 is 5.97 Å². The highest BCUT2D eigenvalue weighted by Crippen LogP contribution is 2.13. The van der Waals surface area contributed by atoms with Gasteiger partial charge in [0.2, 0.25) is 0 Å². The van der Waals surface area contributed by atoms with Gasteiger partial charge >= 0.3 is 5.97 Å². The number of halogens is 1. The van der Waals surface area contributed by atoms with Gasteiger partial charge in [-0.25, -0.2) is 9.78 Å². The van der Waals surface area contributed by atoms with Crippen LogP contribution in [-0.4, -0.2) is 22.0 Å². The van der Waals surface area contributed by atoms with Crippen molar-refractivity contribution in [2.75, 3.05) is 5.32 Å². The van der Waals surface area contributed by atoms with Crippen molar-refractivity contribution in [3.05, 3.63) is 58.2 Å². The molecule has 2 rings (SSSR count). The highest BCUT2D eigenvalue weighted by atomic mass is 79.9. The molecule has 1 aromatic heterocycles. The van der Waals surface area contributed by atoms with Gasteiger partial charge in [0.1, 0.15) is 5.82 Å². The molecule has 19 heavy (non-hydrogen) atoms. The van der Waals surface area contributed by atoms with E-state index in [0.29, 0.717) is 5.56 Å². The average Bonchev–Trinajstić information content (AvgIpc) is 2.39. The van der Waals surface area contributed by atoms with Crippen LogP contribution >= 0.6 is 15.9 Å². The van der Waals surface area contributed by atoms with E-state index in [2.05, 4.69) is 26.2 Å². The van der Waals surface area contributed by atoms with Crippen molar-refractivity contribution in [1.29, 1.82) is 0 Å². The highest BCUT2D eigenvalue weighted by molar-refractivity contribution is 9.10. The van der Waals surface area contributed by atoms with Gasteiger partial charge in [-0.2, -0.15) is 0 Å². The zero-order chi connectivity index (χ0) is 13.8. The molecular formula is C13H9BrN2O3. The fraction of sp³-hybridized carbons (Fsp3) is 0. The summed E-state index contributed by atoms with van der Waals surface area (Å²) in [6.45, 7) is 0. The molecule has 0 atom stereocenters. The lowest BCUT2D eigenvalue weighted by molar-refractivity contribution is 0.0696. The largest absolute Gasteiger partial charge is 0.478 e. The standard InChI is InChI=1S/C13H9BrN2O3/c14-10-3-1-2-8(6-10)12(17)16-11-7-9(13(18)19)4-5-15-11/h1-7H,(H,18,19)(H,15,16,17). The molecule has 0 spiro atoms. The van der Waals surface area contributed by atoms with Gasteiger partial charge in [-0.3, -0.25) is 4.79 Å². The van der Waals surface area contributed by atoms with Crippen molar-refractivity contribution in [3.8, 4) is 0 Å². The van der Waals surface area contributed by atoms with Crippen molar-refractivity contribution in [1.82, 2.24) is 4.98 Å². The summed E-state index contributed by atoms with van der Waals surface area (Å²) in [6.07, 6.45) is 1.33. The van der Waals surface area contributed by atoms with Crippen LogP contribution in [0, 0.1) is 0 Å². The molecule has 2 N–H and O–H groups in total. The number of carboxylic acids is 1. The van der Waals surface area contributed by atoms with Gasteiger partial charge in [-0.1, -0.05) is 22.0 Å². The lowest BCUT2D eigenvalue weighted by atomic mass is 10.2. The van der Waals surface area contributed by atoms with Crippen molar-refractivity contribution < 1.29 is 14.7 Å². The van der Waals surface area contributed by atoms with E-state index in [1.165, 1.54) is 18.3 Å². The number of pyridine rings is 1. The number of carbonyl (C=O) groups excluding carboxylic acids is 1. The van der Waals surface area contributed by atoms with Crippen LogP contribution in [0.4, 0.5) is 5.82 Å². The molecular weight excluding hydrogens is 312 g/mol. The Morgan fingerprint density at radius 2 is 1.95 bits per heavy atom. The molecule has 0 unspecified atom stereocenters. The van der Waals surface area contributed by atoms with E-state index in [9.17, 15) is 9.59 Å². The lowest BCUT2D eigenvalue weighted by Crippen LogP contribution is -2.13. The third-order valence-corrected chi connectivity index (χ3v) is 2.83. The van der Waals surface area contributed by atoms with Crippen molar-refractivity contribution in [2.45, 2.75) is 0 Å². The Morgan fingerprint density at radius 1 is 1.16 bits per heavy atom. The van der Waals surface area contributed by atoms with Crippen LogP contribution in [0.3, 0.4) is 0 Å². The summed E-state index contributed by atoms with van der Waals surface area (Å²) < 4.78 is 0.785. The molecule has 1 heterocycles. The summed E-state index contributed by atoms with van der Waals surface area (Å²) >= 11 is 3.27. The molecule has 0 aliphatic heterocycles. The maximum Gasteiger partial charge on any atom is 0.335 e. The number of rotatable bonds is 3. The number of benzene rings is 1. The minimum atomic E-state index is -1.07. The number of nitrogens with one attached hydrogen (secondary N) is 1. The summed E-state index contributed by atoms with van der Waals surface area (Å²) in [6, 6.07) is 9.52. The van der Waals surface area contributed by atoms with E-state index in [0.717, 1.165) is 4.47 Å². The maximum absolute atomic E-state index is 11.9.